The van der Waals surface area contributed by atoms with Crippen LogP contribution in [-0.2, 0) is 0 Å². The fraction of sp³-hybridized carbons (Fsp3) is 0.0800. The molecule has 0 radical (unpaired) electrons. The van der Waals surface area contributed by atoms with E-state index in [-0.39, 0.29) is 5.69 Å². The number of halogens is 1. The van der Waals surface area contributed by atoms with Gasteiger partial charge in [-0.2, -0.15) is 0 Å². The number of nitrogens with one attached hydrogen (secondary N) is 4. The first kappa shape index (κ1) is 21.8. The van der Waals surface area contributed by atoms with Gasteiger partial charge in [0.15, 0.2) is 0 Å². The van der Waals surface area contributed by atoms with Gasteiger partial charge in [0.1, 0.15) is 23.3 Å². The first-order valence-electron chi connectivity index (χ1n) is 10.3. The van der Waals surface area contributed by atoms with Crippen molar-refractivity contribution < 1.29 is 9.18 Å². The van der Waals surface area contributed by atoms with Crippen LogP contribution in [0.3, 0.4) is 0 Å². The molecule has 0 aliphatic heterocycles. The van der Waals surface area contributed by atoms with Crippen LogP contribution >= 0.6 is 0 Å². The maximum Gasteiger partial charge on any atom is 0.323 e. The van der Waals surface area contributed by atoms with E-state index < -0.39 is 11.8 Å². The summed E-state index contributed by atoms with van der Waals surface area (Å²) >= 11 is 0. The Hall–Kier alpha value is -4.46. The van der Waals surface area contributed by atoms with E-state index in [4.69, 9.17) is 0 Å². The molecule has 0 atom stereocenters. The Morgan fingerprint density at radius 1 is 0.727 bits per heavy atom. The zero-order chi connectivity index (χ0) is 23.2. The van der Waals surface area contributed by atoms with Crippen molar-refractivity contribution in [1.82, 2.24) is 9.97 Å². The van der Waals surface area contributed by atoms with E-state index in [1.807, 2.05) is 56.3 Å². The minimum absolute atomic E-state index is 0.113. The van der Waals surface area contributed by atoms with Crippen molar-refractivity contribution >= 4 is 40.4 Å². The van der Waals surface area contributed by atoms with Crippen LogP contribution in [0.2, 0.25) is 0 Å². The molecule has 4 rings (SSSR count). The van der Waals surface area contributed by atoms with Gasteiger partial charge in [-0.1, -0.05) is 29.8 Å². The smallest absolute Gasteiger partial charge is 0.323 e. The van der Waals surface area contributed by atoms with E-state index in [2.05, 4.69) is 31.2 Å². The SMILES string of the molecule is Cc1ccc(Nc2cc(Nc3ccc(NC(=O)Nc4ccccc4F)cc3)nc(C)n2)cc1. The van der Waals surface area contributed by atoms with Crippen molar-refractivity contribution in [1.29, 1.82) is 0 Å². The summed E-state index contributed by atoms with van der Waals surface area (Å²) in [6.45, 7) is 3.86. The maximum atomic E-state index is 13.7. The van der Waals surface area contributed by atoms with Crippen molar-refractivity contribution in [3.8, 4) is 0 Å². The van der Waals surface area contributed by atoms with Crippen molar-refractivity contribution in [3.63, 3.8) is 0 Å². The van der Waals surface area contributed by atoms with E-state index in [9.17, 15) is 9.18 Å². The van der Waals surface area contributed by atoms with Gasteiger partial charge in [0.05, 0.1) is 5.69 Å². The monoisotopic (exact) mass is 442 g/mol. The highest BCUT2D eigenvalue weighted by molar-refractivity contribution is 5.99. The van der Waals surface area contributed by atoms with Crippen molar-refractivity contribution in [2.24, 2.45) is 0 Å². The van der Waals surface area contributed by atoms with Crippen molar-refractivity contribution in [2.75, 3.05) is 21.3 Å². The number of rotatable bonds is 6. The Kier molecular flexibility index (Phi) is 6.45. The van der Waals surface area contributed by atoms with Crippen LogP contribution in [0.1, 0.15) is 11.4 Å². The normalized spacial score (nSPS) is 10.4. The summed E-state index contributed by atoms with van der Waals surface area (Å²) < 4.78 is 13.7. The highest BCUT2D eigenvalue weighted by Gasteiger charge is 2.07. The molecule has 3 aromatic carbocycles. The number of hydrogen-bond acceptors (Lipinski definition) is 5. The molecule has 0 fully saturated rings. The first-order chi connectivity index (χ1) is 15.9. The Morgan fingerprint density at radius 2 is 1.27 bits per heavy atom. The minimum atomic E-state index is -0.529. The lowest BCUT2D eigenvalue weighted by atomic mass is 10.2. The van der Waals surface area contributed by atoms with Crippen LogP contribution in [0.4, 0.5) is 43.6 Å². The maximum absolute atomic E-state index is 13.7. The molecule has 0 saturated carbocycles. The predicted octanol–water partition coefficient (Wildman–Crippen LogP) is 6.36. The van der Waals surface area contributed by atoms with E-state index in [1.165, 1.54) is 17.7 Å². The molecule has 7 nitrogen and oxygen atoms in total. The number of para-hydroxylation sites is 1. The second-order valence-electron chi connectivity index (χ2n) is 7.44. The standard InChI is InChI=1S/C25H23FN6O/c1-16-7-9-18(10-8-16)29-23-15-24(28-17(2)27-23)30-19-11-13-20(14-12-19)31-25(33)32-22-6-4-3-5-21(22)26/h3-15H,1-2H3,(H2,31,32,33)(H2,27,28,29,30). The number of benzene rings is 3. The molecule has 0 spiro atoms. The number of urea groups is 1. The Balaban J connectivity index is 1.39. The summed E-state index contributed by atoms with van der Waals surface area (Å²) in [6, 6.07) is 22.4. The summed E-state index contributed by atoms with van der Waals surface area (Å²) in [5.41, 5.74) is 3.59. The van der Waals surface area contributed by atoms with E-state index in [0.717, 1.165) is 11.4 Å². The third-order valence-electron chi connectivity index (χ3n) is 4.70. The lowest BCUT2D eigenvalue weighted by Crippen LogP contribution is -2.20. The molecule has 4 N–H and O–H groups in total. The van der Waals surface area contributed by atoms with Gasteiger partial charge >= 0.3 is 6.03 Å². The molecule has 33 heavy (non-hydrogen) atoms. The van der Waals surface area contributed by atoms with Crippen molar-refractivity contribution in [3.05, 3.63) is 96.1 Å². The minimum Gasteiger partial charge on any atom is -0.340 e. The number of nitrogens with zero attached hydrogens (tertiary/aromatic N) is 2. The first-order valence-corrected chi connectivity index (χ1v) is 10.3. The van der Waals surface area contributed by atoms with Crippen LogP contribution in [0, 0.1) is 19.7 Å². The highest BCUT2D eigenvalue weighted by atomic mass is 19.1. The lowest BCUT2D eigenvalue weighted by molar-refractivity contribution is 0.262. The van der Waals surface area contributed by atoms with Gasteiger partial charge in [-0.05, 0) is 62.4 Å². The molecule has 0 aliphatic rings. The molecule has 166 valence electrons. The number of amides is 2. The number of hydrogen-bond donors (Lipinski definition) is 4. The van der Waals surface area contributed by atoms with Crippen LogP contribution < -0.4 is 21.3 Å². The number of carbonyl (C=O) groups excluding carboxylic acids is 1. The fourth-order valence-electron chi connectivity index (χ4n) is 3.11. The van der Waals surface area contributed by atoms with E-state index >= 15 is 0 Å². The quantitative estimate of drug-likeness (QED) is 0.279. The molecule has 0 saturated heterocycles. The lowest BCUT2D eigenvalue weighted by Gasteiger charge is -2.12. The number of aryl methyl sites for hydroxylation is 2. The largest absolute Gasteiger partial charge is 0.340 e. The molecule has 4 aromatic rings. The molecule has 2 amide bonds. The fourth-order valence-corrected chi connectivity index (χ4v) is 3.11. The predicted molar refractivity (Wildman–Crippen MR) is 130 cm³/mol. The second-order valence-corrected chi connectivity index (χ2v) is 7.44. The average molecular weight is 442 g/mol. The zero-order valence-electron chi connectivity index (χ0n) is 18.2. The Bertz CT molecular complexity index is 1260. The van der Waals surface area contributed by atoms with Crippen LogP contribution in [0.15, 0.2) is 78.9 Å². The molecular weight excluding hydrogens is 419 g/mol. The zero-order valence-corrected chi connectivity index (χ0v) is 18.2. The van der Waals surface area contributed by atoms with Gasteiger partial charge in [0, 0.05) is 23.1 Å². The molecule has 0 bridgehead atoms. The third-order valence-corrected chi connectivity index (χ3v) is 4.70. The molecule has 8 heteroatoms. The number of anilines is 6. The van der Waals surface area contributed by atoms with Gasteiger partial charge in [-0.15, -0.1) is 0 Å². The Labute approximate surface area is 191 Å². The summed E-state index contributed by atoms with van der Waals surface area (Å²) in [7, 11) is 0. The van der Waals surface area contributed by atoms with Crippen molar-refractivity contribution in [2.45, 2.75) is 13.8 Å². The van der Waals surface area contributed by atoms with E-state index in [1.54, 1.807) is 24.3 Å². The summed E-state index contributed by atoms with van der Waals surface area (Å²) in [5, 5.41) is 11.7. The van der Waals surface area contributed by atoms with Crippen LogP contribution in [-0.4, -0.2) is 16.0 Å². The van der Waals surface area contributed by atoms with Gasteiger partial charge < -0.3 is 21.3 Å². The third kappa shape index (κ3) is 6.04. The summed E-state index contributed by atoms with van der Waals surface area (Å²) in [6.07, 6.45) is 0. The Morgan fingerprint density at radius 3 is 1.88 bits per heavy atom. The second kappa shape index (κ2) is 9.78. The van der Waals surface area contributed by atoms with Crippen LogP contribution in [0.25, 0.3) is 0 Å². The van der Waals surface area contributed by atoms with Gasteiger partial charge in [0.25, 0.3) is 0 Å². The van der Waals surface area contributed by atoms with E-state index in [0.29, 0.717) is 23.1 Å². The van der Waals surface area contributed by atoms with Gasteiger partial charge in [0.2, 0.25) is 0 Å². The average Bonchev–Trinajstić information content (AvgIpc) is 2.78. The van der Waals surface area contributed by atoms with Crippen LogP contribution in [0.5, 0.6) is 0 Å². The molecule has 1 heterocycles. The summed E-state index contributed by atoms with van der Waals surface area (Å²) in [5.74, 6) is 1.44. The number of carbonyl (C=O) groups is 1. The molecule has 0 unspecified atom stereocenters. The molecular formula is C25H23FN6O. The van der Waals surface area contributed by atoms with Gasteiger partial charge in [-0.25, -0.2) is 19.2 Å². The summed E-state index contributed by atoms with van der Waals surface area (Å²) in [4.78, 5) is 21.0. The highest BCUT2D eigenvalue weighted by Crippen LogP contribution is 2.22. The molecule has 1 aromatic heterocycles. The topological polar surface area (TPSA) is 91.0 Å². The van der Waals surface area contributed by atoms with Gasteiger partial charge in [-0.3, -0.25) is 0 Å². The molecule has 0 aliphatic carbocycles. The number of aromatic nitrogens is 2.